The molecule has 8 heteroatoms. The van der Waals surface area contributed by atoms with Gasteiger partial charge >= 0.3 is 6.61 Å². The highest BCUT2D eigenvalue weighted by atomic mass is 19.3. The molecule has 2 aliphatic heterocycles. The van der Waals surface area contributed by atoms with Crippen molar-refractivity contribution in [3.63, 3.8) is 0 Å². The highest BCUT2D eigenvalue weighted by Gasteiger charge is 2.28. The maximum absolute atomic E-state index is 12.5. The average Bonchev–Trinajstić information content (AvgIpc) is 2.77. The first-order valence-corrected chi connectivity index (χ1v) is 10.5. The molecule has 6 nitrogen and oxygen atoms in total. The Kier molecular flexibility index (Phi) is 6.34. The van der Waals surface area contributed by atoms with Crippen molar-refractivity contribution in [2.75, 3.05) is 18.0 Å². The summed E-state index contributed by atoms with van der Waals surface area (Å²) in [7, 11) is 0. The summed E-state index contributed by atoms with van der Waals surface area (Å²) in [4.78, 5) is 13.4. The predicted molar refractivity (Wildman–Crippen MR) is 118 cm³/mol. The highest BCUT2D eigenvalue weighted by molar-refractivity contribution is 5.78. The van der Waals surface area contributed by atoms with Crippen LogP contribution in [0.4, 0.5) is 20.2 Å². The molecule has 1 atom stereocenters. The van der Waals surface area contributed by atoms with E-state index in [0.29, 0.717) is 0 Å². The van der Waals surface area contributed by atoms with E-state index in [1.807, 2.05) is 43.7 Å². The number of likely N-dealkylation sites (tertiary alicyclic amines) is 1. The van der Waals surface area contributed by atoms with Crippen LogP contribution >= 0.6 is 0 Å². The molecule has 0 bridgehead atoms. The van der Waals surface area contributed by atoms with E-state index in [-0.39, 0.29) is 18.0 Å². The van der Waals surface area contributed by atoms with Crippen LogP contribution < -0.4 is 15.0 Å². The number of pyridine rings is 1. The summed E-state index contributed by atoms with van der Waals surface area (Å²) in [6, 6.07) is 9.09. The zero-order chi connectivity index (χ0) is 21.8. The van der Waals surface area contributed by atoms with Gasteiger partial charge in [0.25, 0.3) is 0 Å². The third-order valence-corrected chi connectivity index (χ3v) is 5.71. The fourth-order valence-electron chi connectivity index (χ4n) is 4.07. The molecule has 0 saturated carbocycles. The van der Waals surface area contributed by atoms with Crippen LogP contribution in [0, 0.1) is 6.92 Å². The molecule has 0 amide bonds. The Hall–Kier alpha value is -3.16. The van der Waals surface area contributed by atoms with Crippen LogP contribution in [0.1, 0.15) is 25.3 Å². The molecule has 4 rings (SSSR count). The van der Waals surface area contributed by atoms with Gasteiger partial charge in [-0.25, -0.2) is 0 Å². The van der Waals surface area contributed by atoms with E-state index in [0.717, 1.165) is 48.6 Å². The molecule has 31 heavy (non-hydrogen) atoms. The molecule has 1 unspecified atom stereocenters. The molecule has 1 aromatic carbocycles. The number of anilines is 2. The number of rotatable bonds is 6. The van der Waals surface area contributed by atoms with Gasteiger partial charge in [-0.1, -0.05) is 0 Å². The summed E-state index contributed by atoms with van der Waals surface area (Å²) in [6.45, 7) is 3.05. The number of aromatic nitrogens is 1. The normalized spacial score (nSPS) is 19.2. The van der Waals surface area contributed by atoms with Gasteiger partial charge in [-0.15, -0.1) is 0 Å². The van der Waals surface area contributed by atoms with Crippen molar-refractivity contribution >= 4 is 17.6 Å². The smallest absolute Gasteiger partial charge is 0.387 e. The van der Waals surface area contributed by atoms with E-state index >= 15 is 0 Å². The van der Waals surface area contributed by atoms with Crippen molar-refractivity contribution in [2.24, 2.45) is 4.99 Å². The monoisotopic (exact) mass is 427 g/mol. The SMILES string of the molecule is Cc1ccncc1N(c1ccc(OC(F)F)cc1)C1CCN(C2=CNC(C)N=C2)CC1. The van der Waals surface area contributed by atoms with Crippen molar-refractivity contribution < 1.29 is 13.5 Å². The lowest BCUT2D eigenvalue weighted by atomic mass is 10.00. The number of allylic oxidation sites excluding steroid dienone is 1. The van der Waals surface area contributed by atoms with E-state index in [9.17, 15) is 8.78 Å². The second-order valence-corrected chi connectivity index (χ2v) is 7.81. The number of halogens is 2. The van der Waals surface area contributed by atoms with Gasteiger partial charge in [0.2, 0.25) is 0 Å². The summed E-state index contributed by atoms with van der Waals surface area (Å²) in [5, 5.41) is 3.26. The maximum Gasteiger partial charge on any atom is 0.387 e. The topological polar surface area (TPSA) is 53.0 Å². The Morgan fingerprint density at radius 2 is 1.90 bits per heavy atom. The van der Waals surface area contributed by atoms with Crippen LogP contribution in [-0.4, -0.2) is 48.0 Å². The van der Waals surface area contributed by atoms with Gasteiger partial charge in [0.05, 0.1) is 17.6 Å². The molecule has 0 aliphatic carbocycles. The number of aryl methyl sites for hydroxylation is 1. The van der Waals surface area contributed by atoms with Crippen LogP contribution in [0.15, 0.2) is 59.6 Å². The number of aliphatic imine (C=N–C) groups is 1. The zero-order valence-corrected chi connectivity index (χ0v) is 17.7. The lowest BCUT2D eigenvalue weighted by molar-refractivity contribution is -0.0498. The number of alkyl halides is 2. The summed E-state index contributed by atoms with van der Waals surface area (Å²) in [6.07, 6.45) is 9.63. The minimum absolute atomic E-state index is 0.113. The Balaban J connectivity index is 1.55. The van der Waals surface area contributed by atoms with Gasteiger partial charge in [0.15, 0.2) is 0 Å². The molecule has 0 spiro atoms. The van der Waals surface area contributed by atoms with Crippen molar-refractivity contribution in [1.82, 2.24) is 15.2 Å². The fourth-order valence-corrected chi connectivity index (χ4v) is 4.07. The average molecular weight is 427 g/mol. The number of benzene rings is 1. The zero-order valence-electron chi connectivity index (χ0n) is 17.7. The minimum atomic E-state index is -2.83. The molecule has 1 N–H and O–H groups in total. The van der Waals surface area contributed by atoms with Gasteiger partial charge in [-0.2, -0.15) is 8.78 Å². The molecule has 1 aromatic heterocycles. The molecule has 1 fully saturated rings. The second-order valence-electron chi connectivity index (χ2n) is 7.81. The van der Waals surface area contributed by atoms with Crippen molar-refractivity contribution in [3.8, 4) is 5.75 Å². The Bertz CT molecular complexity index is 939. The molecule has 1 saturated heterocycles. The van der Waals surface area contributed by atoms with Crippen molar-refractivity contribution in [1.29, 1.82) is 0 Å². The van der Waals surface area contributed by atoms with Crippen LogP contribution in [0.2, 0.25) is 0 Å². The molecular weight excluding hydrogens is 400 g/mol. The van der Waals surface area contributed by atoms with Crippen molar-refractivity contribution in [3.05, 3.63) is 60.2 Å². The van der Waals surface area contributed by atoms with Crippen LogP contribution in [0.5, 0.6) is 5.75 Å². The Labute approximate surface area is 181 Å². The number of hydrogen-bond acceptors (Lipinski definition) is 6. The van der Waals surface area contributed by atoms with Crippen molar-refractivity contribution in [2.45, 2.75) is 45.5 Å². The van der Waals surface area contributed by atoms with Gasteiger partial charge < -0.3 is 19.9 Å². The standard InChI is InChI=1S/C23H27F2N5O/c1-16-7-10-26-15-22(16)30(18-3-5-21(6-4-18)31-23(24)25)19-8-11-29(12-9-19)20-13-27-17(2)28-14-20/h3-7,10,13-15,17,19,23,27H,8-9,11-12H2,1-2H3. The van der Waals surface area contributed by atoms with Gasteiger partial charge in [0.1, 0.15) is 11.9 Å². The Morgan fingerprint density at radius 3 is 2.52 bits per heavy atom. The van der Waals surface area contributed by atoms with Crippen LogP contribution in [0.3, 0.4) is 0 Å². The second kappa shape index (κ2) is 9.32. The molecule has 164 valence electrons. The van der Waals surface area contributed by atoms with E-state index in [1.54, 1.807) is 18.3 Å². The molecule has 3 heterocycles. The number of nitrogens with zero attached hydrogens (tertiary/aromatic N) is 4. The van der Waals surface area contributed by atoms with Gasteiger partial charge in [0, 0.05) is 43.4 Å². The van der Waals surface area contributed by atoms with E-state index in [1.165, 1.54) is 0 Å². The fraction of sp³-hybridized carbons (Fsp3) is 0.391. The third kappa shape index (κ3) is 4.95. The molecule has 0 radical (unpaired) electrons. The predicted octanol–water partition coefficient (Wildman–Crippen LogP) is 4.46. The first-order valence-electron chi connectivity index (χ1n) is 10.5. The summed E-state index contributed by atoms with van der Waals surface area (Å²) in [5.74, 6) is 0.154. The van der Waals surface area contributed by atoms with Crippen LogP contribution in [-0.2, 0) is 0 Å². The van der Waals surface area contributed by atoms with Gasteiger partial charge in [-0.05, 0) is 62.6 Å². The van der Waals surface area contributed by atoms with E-state index < -0.39 is 6.61 Å². The van der Waals surface area contributed by atoms with Crippen LogP contribution in [0.25, 0.3) is 0 Å². The number of piperidine rings is 1. The summed E-state index contributed by atoms with van der Waals surface area (Å²) < 4.78 is 29.6. The first-order chi connectivity index (χ1) is 15.0. The molecular formula is C23H27F2N5O. The molecule has 2 aliphatic rings. The highest BCUT2D eigenvalue weighted by Crippen LogP contribution is 2.35. The van der Waals surface area contributed by atoms with Gasteiger partial charge in [-0.3, -0.25) is 9.98 Å². The minimum Gasteiger partial charge on any atom is -0.435 e. The number of nitrogens with one attached hydrogen (secondary N) is 1. The van der Waals surface area contributed by atoms with E-state index in [4.69, 9.17) is 0 Å². The molecule has 2 aromatic rings. The quantitative estimate of drug-likeness (QED) is 0.738. The lowest BCUT2D eigenvalue weighted by Gasteiger charge is -2.41. The Morgan fingerprint density at radius 1 is 1.16 bits per heavy atom. The van der Waals surface area contributed by atoms with E-state index in [2.05, 4.69) is 36.8 Å². The number of ether oxygens (including phenoxy) is 1. The maximum atomic E-state index is 12.5. The largest absolute Gasteiger partial charge is 0.435 e. The first kappa shape index (κ1) is 21.1. The summed E-state index contributed by atoms with van der Waals surface area (Å²) >= 11 is 0. The lowest BCUT2D eigenvalue weighted by Crippen LogP contribution is -2.44. The number of hydrogen-bond donors (Lipinski definition) is 1. The third-order valence-electron chi connectivity index (χ3n) is 5.71. The summed E-state index contributed by atoms with van der Waals surface area (Å²) in [5.41, 5.74) is 4.18.